The molecule has 0 fully saturated rings. The van der Waals surface area contributed by atoms with Crippen LogP contribution in [-0.2, 0) is 33.6 Å². The molecular formula is C15H23N5O10. The van der Waals surface area contributed by atoms with E-state index in [1.165, 1.54) is 0 Å². The molecule has 0 saturated carbocycles. The van der Waals surface area contributed by atoms with Crippen LogP contribution in [0.1, 0.15) is 25.7 Å². The summed E-state index contributed by atoms with van der Waals surface area (Å²) in [6.07, 6.45) is -2.76. The van der Waals surface area contributed by atoms with Crippen molar-refractivity contribution < 1.29 is 48.9 Å². The molecular weight excluding hydrogens is 410 g/mol. The van der Waals surface area contributed by atoms with Gasteiger partial charge in [0.05, 0.1) is 19.4 Å². The Balaban J connectivity index is 5.41. The summed E-state index contributed by atoms with van der Waals surface area (Å²) in [5, 5.41) is 32.6. The second-order valence-corrected chi connectivity index (χ2v) is 5.99. The lowest BCUT2D eigenvalue weighted by Gasteiger charge is -2.23. The monoisotopic (exact) mass is 433 g/mol. The Labute approximate surface area is 169 Å². The summed E-state index contributed by atoms with van der Waals surface area (Å²) in [5.74, 6) is -8.64. The number of carbonyl (C=O) groups is 7. The van der Waals surface area contributed by atoms with Gasteiger partial charge in [0.2, 0.25) is 23.6 Å². The quantitative estimate of drug-likeness (QED) is 0.130. The smallest absolute Gasteiger partial charge is 0.326 e. The molecule has 0 aromatic heterocycles. The zero-order chi connectivity index (χ0) is 23.4. The van der Waals surface area contributed by atoms with E-state index in [2.05, 4.69) is 5.32 Å². The number of nitrogens with one attached hydrogen (secondary N) is 3. The molecule has 0 bridgehead atoms. The highest BCUT2D eigenvalue weighted by atomic mass is 16.4. The molecule has 15 nitrogen and oxygen atoms in total. The van der Waals surface area contributed by atoms with Crippen molar-refractivity contribution in [2.45, 2.75) is 43.8 Å². The van der Waals surface area contributed by atoms with Gasteiger partial charge in [-0.15, -0.1) is 0 Å². The van der Waals surface area contributed by atoms with E-state index in [9.17, 15) is 33.6 Å². The van der Waals surface area contributed by atoms with Gasteiger partial charge >= 0.3 is 17.9 Å². The molecule has 3 atom stereocenters. The number of hydrogen-bond acceptors (Lipinski definition) is 8. The number of hydrogen-bond donors (Lipinski definition) is 8. The molecule has 0 spiro atoms. The molecule has 168 valence electrons. The lowest BCUT2D eigenvalue weighted by molar-refractivity contribution is -0.144. The lowest BCUT2D eigenvalue weighted by atomic mass is 10.1. The molecule has 0 aliphatic rings. The van der Waals surface area contributed by atoms with E-state index in [1.807, 2.05) is 10.6 Å². The van der Waals surface area contributed by atoms with Gasteiger partial charge in [0, 0.05) is 6.42 Å². The van der Waals surface area contributed by atoms with Gasteiger partial charge in [-0.3, -0.25) is 28.8 Å². The number of nitrogens with two attached hydrogens (primary N) is 2. The number of amides is 4. The molecule has 0 aliphatic heterocycles. The number of carbonyl (C=O) groups excluding carboxylic acids is 4. The highest BCUT2D eigenvalue weighted by Crippen LogP contribution is 2.02. The zero-order valence-electron chi connectivity index (χ0n) is 15.6. The van der Waals surface area contributed by atoms with Gasteiger partial charge in [-0.25, -0.2) is 4.79 Å². The zero-order valence-corrected chi connectivity index (χ0v) is 15.6. The Bertz CT molecular complexity index is 710. The first kappa shape index (κ1) is 26.2. The van der Waals surface area contributed by atoms with E-state index in [1.54, 1.807) is 0 Å². The van der Waals surface area contributed by atoms with Crippen molar-refractivity contribution in [2.24, 2.45) is 11.5 Å². The standard InChI is InChI=1S/C15H23N5O10/c16-5-10(22)18-7(3-9(17)21)13(27)20-8(4-12(25)26)14(28)19-6(15(29)30)1-2-11(23)24/h6-8H,1-5,16H2,(H2,17,21)(H,18,22)(H,19,28)(H,20,27)(H,23,24)(H,25,26)(H,29,30). The molecule has 0 aromatic carbocycles. The van der Waals surface area contributed by atoms with Crippen LogP contribution in [0, 0.1) is 0 Å². The first-order valence-electron chi connectivity index (χ1n) is 8.42. The SMILES string of the molecule is NCC(=O)NC(CC(N)=O)C(=O)NC(CC(=O)O)C(=O)NC(CCC(=O)O)C(=O)O. The Morgan fingerprint density at radius 1 is 0.733 bits per heavy atom. The van der Waals surface area contributed by atoms with Crippen LogP contribution < -0.4 is 27.4 Å². The fourth-order valence-corrected chi connectivity index (χ4v) is 2.12. The first-order valence-corrected chi connectivity index (χ1v) is 8.42. The van der Waals surface area contributed by atoms with Crippen molar-refractivity contribution in [2.75, 3.05) is 6.54 Å². The van der Waals surface area contributed by atoms with E-state index >= 15 is 0 Å². The van der Waals surface area contributed by atoms with Gasteiger partial charge in [0.15, 0.2) is 0 Å². The number of primary amides is 1. The highest BCUT2D eigenvalue weighted by molar-refractivity contribution is 5.96. The van der Waals surface area contributed by atoms with Crippen molar-refractivity contribution in [1.82, 2.24) is 16.0 Å². The van der Waals surface area contributed by atoms with Crippen LogP contribution in [0.2, 0.25) is 0 Å². The molecule has 0 aliphatic carbocycles. The summed E-state index contributed by atoms with van der Waals surface area (Å²) in [7, 11) is 0. The number of carboxylic acids is 3. The molecule has 0 rings (SSSR count). The second-order valence-electron chi connectivity index (χ2n) is 5.99. The maximum absolute atomic E-state index is 12.3. The average molecular weight is 433 g/mol. The average Bonchev–Trinajstić information content (AvgIpc) is 2.62. The maximum Gasteiger partial charge on any atom is 0.326 e. The van der Waals surface area contributed by atoms with Crippen LogP contribution in [-0.4, -0.2) is 81.5 Å². The van der Waals surface area contributed by atoms with Crippen molar-refractivity contribution in [1.29, 1.82) is 0 Å². The minimum atomic E-state index is -1.80. The van der Waals surface area contributed by atoms with Gasteiger partial charge in [-0.05, 0) is 6.42 Å². The molecule has 0 heterocycles. The Kier molecular flexibility index (Phi) is 11.1. The van der Waals surface area contributed by atoms with E-state index in [-0.39, 0.29) is 0 Å². The summed E-state index contributed by atoms with van der Waals surface area (Å²) in [5.41, 5.74) is 10.1. The molecule has 3 unspecified atom stereocenters. The van der Waals surface area contributed by atoms with E-state index < -0.39 is 91.9 Å². The normalized spacial score (nSPS) is 13.2. The van der Waals surface area contributed by atoms with Gasteiger partial charge in [-0.2, -0.15) is 0 Å². The topological polar surface area (TPSA) is 268 Å². The van der Waals surface area contributed by atoms with E-state index in [4.69, 9.17) is 26.8 Å². The van der Waals surface area contributed by atoms with Gasteiger partial charge in [0.25, 0.3) is 0 Å². The molecule has 0 aromatic rings. The summed E-state index contributed by atoms with van der Waals surface area (Å²) < 4.78 is 0. The van der Waals surface area contributed by atoms with Crippen molar-refractivity contribution in [3.63, 3.8) is 0 Å². The van der Waals surface area contributed by atoms with Crippen molar-refractivity contribution >= 4 is 41.5 Å². The number of carboxylic acid groups (broad SMARTS) is 3. The van der Waals surface area contributed by atoms with Crippen LogP contribution in [0.3, 0.4) is 0 Å². The Morgan fingerprint density at radius 3 is 1.63 bits per heavy atom. The Morgan fingerprint density at radius 2 is 1.23 bits per heavy atom. The third-order valence-electron chi connectivity index (χ3n) is 3.52. The molecule has 0 radical (unpaired) electrons. The molecule has 15 heteroatoms. The fraction of sp³-hybridized carbons (Fsp3) is 0.533. The summed E-state index contributed by atoms with van der Waals surface area (Å²) in [6.45, 7) is -0.536. The molecule has 30 heavy (non-hydrogen) atoms. The van der Waals surface area contributed by atoms with Crippen LogP contribution in [0.4, 0.5) is 0 Å². The minimum absolute atomic E-state index is 0.499. The predicted octanol–water partition coefficient (Wildman–Crippen LogP) is -4.30. The van der Waals surface area contributed by atoms with E-state index in [0.29, 0.717) is 0 Å². The van der Waals surface area contributed by atoms with Crippen molar-refractivity contribution in [3.8, 4) is 0 Å². The molecule has 4 amide bonds. The van der Waals surface area contributed by atoms with Crippen LogP contribution in [0.15, 0.2) is 0 Å². The van der Waals surface area contributed by atoms with Gasteiger partial charge < -0.3 is 42.7 Å². The summed E-state index contributed by atoms with van der Waals surface area (Å²) in [4.78, 5) is 79.9. The second kappa shape index (κ2) is 12.7. The van der Waals surface area contributed by atoms with Gasteiger partial charge in [-0.1, -0.05) is 0 Å². The van der Waals surface area contributed by atoms with Crippen LogP contribution in [0.25, 0.3) is 0 Å². The highest BCUT2D eigenvalue weighted by Gasteiger charge is 2.31. The lowest BCUT2D eigenvalue weighted by Crippen LogP contribution is -2.57. The van der Waals surface area contributed by atoms with Crippen molar-refractivity contribution in [3.05, 3.63) is 0 Å². The summed E-state index contributed by atoms with van der Waals surface area (Å²) in [6, 6.07) is -5.03. The third kappa shape index (κ3) is 10.5. The largest absolute Gasteiger partial charge is 0.481 e. The predicted molar refractivity (Wildman–Crippen MR) is 95.4 cm³/mol. The Hall–Kier alpha value is -3.75. The summed E-state index contributed by atoms with van der Waals surface area (Å²) >= 11 is 0. The number of rotatable bonds is 14. The number of aliphatic carboxylic acids is 3. The molecule has 0 saturated heterocycles. The van der Waals surface area contributed by atoms with Crippen LogP contribution >= 0.6 is 0 Å². The maximum atomic E-state index is 12.3. The first-order chi connectivity index (χ1) is 13.9. The van der Waals surface area contributed by atoms with E-state index in [0.717, 1.165) is 0 Å². The third-order valence-corrected chi connectivity index (χ3v) is 3.52. The van der Waals surface area contributed by atoms with Gasteiger partial charge in [0.1, 0.15) is 18.1 Å². The minimum Gasteiger partial charge on any atom is -0.481 e. The fourth-order valence-electron chi connectivity index (χ4n) is 2.12. The molecule has 10 N–H and O–H groups in total. The van der Waals surface area contributed by atoms with Crippen LogP contribution in [0.5, 0.6) is 0 Å².